The Balaban J connectivity index is 1.12. The summed E-state index contributed by atoms with van der Waals surface area (Å²) in [6.07, 6.45) is 0.986. The molecule has 262 valence electrons. The van der Waals surface area contributed by atoms with Gasteiger partial charge >= 0.3 is 6.18 Å². The van der Waals surface area contributed by atoms with Gasteiger partial charge in [-0.15, -0.1) is 0 Å². The van der Waals surface area contributed by atoms with Crippen molar-refractivity contribution >= 4 is 12.0 Å². The average molecular weight is 686 g/mol. The molecule has 6 rings (SSSR count). The molecule has 1 saturated heterocycles. The van der Waals surface area contributed by atoms with E-state index in [4.69, 9.17) is 9.47 Å². The molecule has 50 heavy (non-hydrogen) atoms. The molecule has 2 aliphatic rings. The Morgan fingerprint density at radius 1 is 1.02 bits per heavy atom. The lowest BCUT2D eigenvalue weighted by molar-refractivity contribution is -0.150. The van der Waals surface area contributed by atoms with E-state index < -0.39 is 24.0 Å². The third kappa shape index (κ3) is 7.56. The first kappa shape index (κ1) is 35.2. The summed E-state index contributed by atoms with van der Waals surface area (Å²) in [4.78, 5) is 19.2. The maximum absolute atomic E-state index is 14.0. The number of aliphatic hydroxyl groups excluding tert-OH is 1. The zero-order chi connectivity index (χ0) is 35.5. The molecule has 0 spiro atoms. The van der Waals surface area contributed by atoms with Crippen LogP contribution < -0.4 is 14.8 Å². The van der Waals surface area contributed by atoms with Crippen molar-refractivity contribution in [2.75, 3.05) is 13.2 Å². The number of ether oxygens (including phenoxy) is 2. The van der Waals surface area contributed by atoms with E-state index in [-0.39, 0.29) is 24.1 Å². The SMILES string of the molecule is CC(C)Oc1ccc([C@]2(C)NC(O)N(CCCCOc3cccc(-c4c(Cc5ccccc5)cnc5c4C=CCC5C(F)(F)F)c3)C2=O)cc1. The number of benzene rings is 3. The number of amides is 1. The second kappa shape index (κ2) is 14.7. The van der Waals surface area contributed by atoms with Crippen LogP contribution >= 0.6 is 0 Å². The van der Waals surface area contributed by atoms with Gasteiger partial charge in [0.2, 0.25) is 5.91 Å². The van der Waals surface area contributed by atoms with Crippen LogP contribution in [0.5, 0.6) is 11.5 Å². The largest absolute Gasteiger partial charge is 0.494 e. The summed E-state index contributed by atoms with van der Waals surface area (Å²) in [7, 11) is 0. The van der Waals surface area contributed by atoms with Crippen LogP contribution in [0.4, 0.5) is 13.2 Å². The Morgan fingerprint density at radius 3 is 2.50 bits per heavy atom. The van der Waals surface area contributed by atoms with Gasteiger partial charge in [-0.1, -0.05) is 66.7 Å². The number of nitrogens with one attached hydrogen (secondary N) is 1. The van der Waals surface area contributed by atoms with Crippen LogP contribution in [0, 0.1) is 0 Å². The molecule has 1 aliphatic heterocycles. The second-order valence-electron chi connectivity index (χ2n) is 13.3. The summed E-state index contributed by atoms with van der Waals surface area (Å²) < 4.78 is 53.9. The van der Waals surface area contributed by atoms with Crippen LogP contribution in [-0.4, -0.2) is 52.7 Å². The van der Waals surface area contributed by atoms with Crippen LogP contribution in [0.1, 0.15) is 73.9 Å². The van der Waals surface area contributed by atoms with E-state index in [0.717, 1.165) is 22.3 Å². The van der Waals surface area contributed by atoms with Gasteiger partial charge in [-0.05, 0) is 98.5 Å². The normalized spacial score (nSPS) is 20.3. The van der Waals surface area contributed by atoms with Crippen molar-refractivity contribution < 1.29 is 32.5 Å². The molecule has 0 saturated carbocycles. The molecule has 3 aromatic carbocycles. The minimum absolute atomic E-state index is 0.0320. The lowest BCUT2D eigenvalue weighted by Gasteiger charge is -2.26. The molecule has 2 N–H and O–H groups in total. The van der Waals surface area contributed by atoms with E-state index in [9.17, 15) is 23.1 Å². The number of hydrogen-bond acceptors (Lipinski definition) is 6. The first-order valence-electron chi connectivity index (χ1n) is 17.0. The molecule has 1 fully saturated rings. The molecule has 2 heterocycles. The second-order valence-corrected chi connectivity index (χ2v) is 13.3. The van der Waals surface area contributed by atoms with Gasteiger partial charge in [0.05, 0.1) is 18.4 Å². The molecular formula is C40H42F3N3O4. The fourth-order valence-corrected chi connectivity index (χ4v) is 6.72. The highest BCUT2D eigenvalue weighted by molar-refractivity contribution is 5.89. The van der Waals surface area contributed by atoms with Crippen molar-refractivity contribution in [1.29, 1.82) is 0 Å². The number of nitrogens with zero attached hydrogens (tertiary/aromatic N) is 2. The maximum Gasteiger partial charge on any atom is 0.397 e. The summed E-state index contributed by atoms with van der Waals surface area (Å²) >= 11 is 0. The highest BCUT2D eigenvalue weighted by atomic mass is 19.4. The maximum atomic E-state index is 14.0. The zero-order valence-corrected chi connectivity index (χ0v) is 28.4. The molecule has 1 aromatic heterocycles. The van der Waals surface area contributed by atoms with E-state index in [1.165, 1.54) is 4.90 Å². The molecule has 0 radical (unpaired) electrons. The van der Waals surface area contributed by atoms with Crippen molar-refractivity contribution in [3.8, 4) is 22.6 Å². The number of carbonyl (C=O) groups excluding carboxylic acids is 1. The number of aromatic nitrogens is 1. The summed E-state index contributed by atoms with van der Waals surface area (Å²) in [6, 6.07) is 24.5. The summed E-state index contributed by atoms with van der Waals surface area (Å²) in [5, 5.41) is 13.8. The van der Waals surface area contributed by atoms with Crippen LogP contribution in [0.3, 0.4) is 0 Å². The van der Waals surface area contributed by atoms with Gasteiger partial charge in [0.25, 0.3) is 0 Å². The van der Waals surface area contributed by atoms with Crippen LogP contribution in [0.25, 0.3) is 17.2 Å². The summed E-state index contributed by atoms with van der Waals surface area (Å²) in [6.45, 7) is 6.34. The number of aliphatic hydroxyl groups is 1. The third-order valence-electron chi connectivity index (χ3n) is 9.23. The first-order valence-corrected chi connectivity index (χ1v) is 17.0. The average Bonchev–Trinajstić information content (AvgIpc) is 3.31. The van der Waals surface area contributed by atoms with Gasteiger partial charge in [-0.3, -0.25) is 15.1 Å². The van der Waals surface area contributed by atoms with Gasteiger partial charge in [0.15, 0.2) is 6.35 Å². The third-order valence-corrected chi connectivity index (χ3v) is 9.23. The Labute approximate surface area is 290 Å². The molecule has 7 nitrogen and oxygen atoms in total. The smallest absolute Gasteiger partial charge is 0.397 e. The minimum atomic E-state index is -4.41. The van der Waals surface area contributed by atoms with Crippen LogP contribution in [0.15, 0.2) is 91.1 Å². The standard InChI is InChI=1S/C40H42F3N3O4/c1-26(2)50-31-19-17-30(18-20-31)39(3)37(47)46(38(48)45-39)21-7-8-22-49-32-14-9-13-28(24-32)35-29(23-27-11-5-4-6-12-27)25-44-36-33(35)15-10-16-34(36)40(41,42)43/h4-6,9-15,17-20,24-26,34,38,45,48H,7-8,16,21-23H2,1-3H3/t34?,38?,39-/m0/s1. The summed E-state index contributed by atoms with van der Waals surface area (Å²) in [5.41, 5.74) is 3.50. The van der Waals surface area contributed by atoms with Crippen LogP contribution in [0.2, 0.25) is 0 Å². The van der Waals surface area contributed by atoms with E-state index in [1.54, 1.807) is 25.3 Å². The van der Waals surface area contributed by atoms with Gasteiger partial charge in [0.1, 0.15) is 23.0 Å². The van der Waals surface area contributed by atoms with Gasteiger partial charge < -0.3 is 19.5 Å². The molecule has 3 atom stereocenters. The number of pyridine rings is 1. The predicted octanol–water partition coefficient (Wildman–Crippen LogP) is 7.97. The van der Waals surface area contributed by atoms with Gasteiger partial charge in [0, 0.05) is 18.3 Å². The van der Waals surface area contributed by atoms with Crippen molar-refractivity contribution in [3.63, 3.8) is 0 Å². The van der Waals surface area contributed by atoms with Crippen LogP contribution in [-0.2, 0) is 16.8 Å². The first-order chi connectivity index (χ1) is 23.9. The molecule has 1 amide bonds. The Kier molecular flexibility index (Phi) is 10.3. The van der Waals surface area contributed by atoms with E-state index in [2.05, 4.69) is 10.3 Å². The number of alkyl halides is 3. The number of allylic oxidation sites excluding steroid dienone is 1. The molecule has 2 unspecified atom stereocenters. The lowest BCUT2D eigenvalue weighted by atomic mass is 9.84. The number of carbonyl (C=O) groups is 1. The fraction of sp³-hybridized carbons (Fsp3) is 0.350. The Hall–Kier alpha value is -4.67. The topological polar surface area (TPSA) is 83.9 Å². The number of hydrogen-bond donors (Lipinski definition) is 2. The van der Waals surface area contributed by atoms with E-state index in [0.29, 0.717) is 55.0 Å². The predicted molar refractivity (Wildman–Crippen MR) is 187 cm³/mol. The highest BCUT2D eigenvalue weighted by Gasteiger charge is 2.48. The van der Waals surface area contributed by atoms with E-state index in [1.807, 2.05) is 92.7 Å². The van der Waals surface area contributed by atoms with Crippen molar-refractivity contribution in [2.45, 2.75) is 76.5 Å². The van der Waals surface area contributed by atoms with Crippen molar-refractivity contribution in [1.82, 2.24) is 15.2 Å². The molecule has 4 aromatic rings. The Morgan fingerprint density at radius 2 is 1.78 bits per heavy atom. The Bertz CT molecular complexity index is 1830. The highest BCUT2D eigenvalue weighted by Crippen LogP contribution is 2.45. The summed E-state index contributed by atoms with van der Waals surface area (Å²) in [5.74, 6) is -0.585. The van der Waals surface area contributed by atoms with Crippen molar-refractivity contribution in [2.24, 2.45) is 0 Å². The lowest BCUT2D eigenvalue weighted by Crippen LogP contribution is -2.41. The molecule has 0 bridgehead atoms. The fourth-order valence-electron chi connectivity index (χ4n) is 6.72. The number of rotatable bonds is 12. The quantitative estimate of drug-likeness (QED) is 0.147. The van der Waals surface area contributed by atoms with Gasteiger partial charge in [-0.2, -0.15) is 13.2 Å². The minimum Gasteiger partial charge on any atom is -0.494 e. The zero-order valence-electron chi connectivity index (χ0n) is 28.4. The monoisotopic (exact) mass is 685 g/mol. The molecule has 10 heteroatoms. The number of fused-ring (bicyclic) bond motifs is 1. The van der Waals surface area contributed by atoms with E-state index >= 15 is 0 Å². The van der Waals surface area contributed by atoms with Gasteiger partial charge in [-0.25, -0.2) is 0 Å². The van der Waals surface area contributed by atoms with Crippen molar-refractivity contribution in [3.05, 3.63) is 119 Å². The number of halogens is 3. The molecular weight excluding hydrogens is 643 g/mol. The molecule has 1 aliphatic carbocycles. The number of unbranched alkanes of at least 4 members (excludes halogenated alkanes) is 1.